The molecular weight excluding hydrogens is 527 g/mol. The number of benzene rings is 2. The van der Waals surface area contributed by atoms with Crippen molar-refractivity contribution >= 4 is 39.6 Å². The zero-order valence-corrected chi connectivity index (χ0v) is 17.1. The third kappa shape index (κ3) is 4.40. The van der Waals surface area contributed by atoms with Crippen molar-refractivity contribution in [2.24, 2.45) is 0 Å². The Kier molecular flexibility index (Phi) is 6.88. The van der Waals surface area contributed by atoms with Crippen LogP contribution in [0.15, 0.2) is 34.8 Å². The molecule has 0 spiro atoms. The van der Waals surface area contributed by atoms with E-state index in [1.165, 1.54) is 0 Å². The molecule has 0 atom stereocenters. The molecule has 4 nitrogen and oxygen atoms in total. The lowest BCUT2D eigenvalue weighted by Gasteiger charge is -2.30. The number of carbonyl (C=O) groups is 2. The predicted octanol–water partition coefficient (Wildman–Crippen LogP) is 5.86. The Balaban J connectivity index is 2.51. The van der Waals surface area contributed by atoms with Crippen LogP contribution in [0.3, 0.4) is 0 Å². The SMILES string of the molecule is CN(C=O)c1cccc(C(=O)Nc2c(F)cc(C(F)(C(F)(F)F)C(F)(F)F)cc2Br)c1F. The molecule has 0 heterocycles. The Morgan fingerprint density at radius 3 is 2.06 bits per heavy atom. The molecule has 0 radical (unpaired) electrons. The van der Waals surface area contributed by atoms with E-state index in [1.807, 2.05) is 0 Å². The summed E-state index contributed by atoms with van der Waals surface area (Å²) in [5.74, 6) is -4.43. The largest absolute Gasteiger partial charge is 0.435 e. The molecule has 1 N–H and O–H groups in total. The molecule has 0 saturated carbocycles. The summed E-state index contributed by atoms with van der Waals surface area (Å²) < 4.78 is 119. The highest BCUT2D eigenvalue weighted by atomic mass is 79.9. The third-order valence-corrected chi connectivity index (χ3v) is 4.85. The summed E-state index contributed by atoms with van der Waals surface area (Å²) in [5, 5.41) is 1.78. The fourth-order valence-electron chi connectivity index (χ4n) is 2.58. The minimum atomic E-state index is -6.48. The predicted molar refractivity (Wildman–Crippen MR) is 97.8 cm³/mol. The maximum absolute atomic E-state index is 14.5. The molecule has 0 fully saturated rings. The Bertz CT molecular complexity index is 1020. The van der Waals surface area contributed by atoms with Crippen LogP contribution in [0.4, 0.5) is 50.9 Å². The normalized spacial score (nSPS) is 12.5. The zero-order chi connectivity index (χ0) is 24.6. The van der Waals surface area contributed by atoms with Crippen LogP contribution in [-0.4, -0.2) is 31.7 Å². The second-order valence-electron chi connectivity index (χ2n) is 6.28. The topological polar surface area (TPSA) is 49.4 Å². The van der Waals surface area contributed by atoms with Gasteiger partial charge in [-0.25, -0.2) is 13.2 Å². The second kappa shape index (κ2) is 8.64. The number of carbonyl (C=O) groups excluding carboxylic acids is 2. The van der Waals surface area contributed by atoms with Gasteiger partial charge in [0.1, 0.15) is 5.82 Å². The fourth-order valence-corrected chi connectivity index (χ4v) is 3.12. The van der Waals surface area contributed by atoms with Crippen molar-refractivity contribution in [1.82, 2.24) is 0 Å². The van der Waals surface area contributed by atoms with Crippen molar-refractivity contribution in [2.45, 2.75) is 18.0 Å². The van der Waals surface area contributed by atoms with Gasteiger partial charge in [0.15, 0.2) is 5.82 Å². The van der Waals surface area contributed by atoms with Gasteiger partial charge in [0.05, 0.1) is 16.9 Å². The average Bonchev–Trinajstić information content (AvgIpc) is 2.67. The maximum Gasteiger partial charge on any atom is 0.435 e. The maximum atomic E-state index is 14.5. The molecule has 32 heavy (non-hydrogen) atoms. The first-order valence-corrected chi connectivity index (χ1v) is 8.95. The van der Waals surface area contributed by atoms with Crippen LogP contribution in [0.1, 0.15) is 15.9 Å². The van der Waals surface area contributed by atoms with Crippen LogP contribution in [0.25, 0.3) is 0 Å². The molecule has 0 saturated heterocycles. The van der Waals surface area contributed by atoms with E-state index in [-0.39, 0.29) is 24.2 Å². The molecular formula is C18H10BrF9N2O2. The molecule has 2 rings (SSSR count). The van der Waals surface area contributed by atoms with E-state index >= 15 is 0 Å². The van der Waals surface area contributed by atoms with Crippen molar-refractivity contribution in [3.63, 3.8) is 0 Å². The van der Waals surface area contributed by atoms with Gasteiger partial charge in [0.25, 0.3) is 5.91 Å². The number of hydrogen-bond donors (Lipinski definition) is 1. The van der Waals surface area contributed by atoms with Gasteiger partial charge >= 0.3 is 18.0 Å². The summed E-state index contributed by atoms with van der Waals surface area (Å²) in [7, 11) is 1.16. The monoisotopic (exact) mass is 536 g/mol. The van der Waals surface area contributed by atoms with Crippen molar-refractivity contribution < 1.29 is 49.1 Å². The lowest BCUT2D eigenvalue weighted by atomic mass is 9.93. The first-order valence-electron chi connectivity index (χ1n) is 8.16. The van der Waals surface area contributed by atoms with Crippen molar-refractivity contribution in [2.75, 3.05) is 17.3 Å². The third-order valence-electron chi connectivity index (χ3n) is 4.22. The van der Waals surface area contributed by atoms with Crippen LogP contribution in [-0.2, 0) is 10.5 Å². The highest BCUT2D eigenvalue weighted by molar-refractivity contribution is 9.10. The molecule has 2 aromatic rings. The number of rotatable bonds is 5. The van der Waals surface area contributed by atoms with Crippen molar-refractivity contribution in [1.29, 1.82) is 0 Å². The molecule has 174 valence electrons. The van der Waals surface area contributed by atoms with Gasteiger partial charge in [0, 0.05) is 17.1 Å². The summed E-state index contributed by atoms with van der Waals surface area (Å²) in [5.41, 5.74) is -10.1. The van der Waals surface area contributed by atoms with E-state index in [2.05, 4.69) is 15.9 Å². The van der Waals surface area contributed by atoms with Crippen LogP contribution in [0.2, 0.25) is 0 Å². The summed E-state index contributed by atoms with van der Waals surface area (Å²) >= 11 is 2.49. The Morgan fingerprint density at radius 2 is 1.59 bits per heavy atom. The number of anilines is 2. The fraction of sp³-hybridized carbons (Fsp3) is 0.222. The highest BCUT2D eigenvalue weighted by Crippen LogP contribution is 2.54. The molecule has 0 aliphatic heterocycles. The van der Waals surface area contributed by atoms with E-state index in [0.717, 1.165) is 30.1 Å². The van der Waals surface area contributed by atoms with E-state index in [9.17, 15) is 49.1 Å². The van der Waals surface area contributed by atoms with Gasteiger partial charge in [-0.2, -0.15) is 26.3 Å². The first-order chi connectivity index (χ1) is 14.6. The molecule has 2 amide bonds. The summed E-state index contributed by atoms with van der Waals surface area (Å²) in [6, 6.07) is 2.82. The van der Waals surface area contributed by atoms with Crippen LogP contribution >= 0.6 is 15.9 Å². The number of halogens is 10. The van der Waals surface area contributed by atoms with Gasteiger partial charge in [-0.1, -0.05) is 6.07 Å². The van der Waals surface area contributed by atoms with Gasteiger partial charge in [-0.05, 0) is 40.2 Å². The highest BCUT2D eigenvalue weighted by Gasteiger charge is 2.73. The van der Waals surface area contributed by atoms with E-state index in [1.54, 1.807) is 5.32 Å². The number of nitrogens with zero attached hydrogens (tertiary/aromatic N) is 1. The first kappa shape index (κ1) is 25.5. The molecule has 0 bridgehead atoms. The lowest BCUT2D eigenvalue weighted by Crippen LogP contribution is -2.50. The minimum absolute atomic E-state index is 0.00732. The molecule has 14 heteroatoms. The molecule has 0 aliphatic carbocycles. The van der Waals surface area contributed by atoms with Gasteiger partial charge in [-0.15, -0.1) is 0 Å². The minimum Gasteiger partial charge on any atom is -0.318 e. The Morgan fingerprint density at radius 1 is 1.03 bits per heavy atom. The van der Waals surface area contributed by atoms with Crippen LogP contribution in [0, 0.1) is 11.6 Å². The second-order valence-corrected chi connectivity index (χ2v) is 7.13. The van der Waals surface area contributed by atoms with E-state index in [0.29, 0.717) is 0 Å². The summed E-state index contributed by atoms with van der Waals surface area (Å²) in [4.78, 5) is 23.9. The van der Waals surface area contributed by atoms with Crippen LogP contribution in [0.5, 0.6) is 0 Å². The quantitative estimate of drug-likeness (QED) is 0.384. The number of hydrogen-bond acceptors (Lipinski definition) is 2. The van der Waals surface area contributed by atoms with Crippen LogP contribution < -0.4 is 10.2 Å². The van der Waals surface area contributed by atoms with E-state index in [4.69, 9.17) is 0 Å². The van der Waals surface area contributed by atoms with Crippen molar-refractivity contribution in [3.05, 3.63) is 57.6 Å². The number of nitrogens with one attached hydrogen (secondary N) is 1. The summed E-state index contributed by atoms with van der Waals surface area (Å²) in [6.07, 6.45) is -12.7. The smallest absolute Gasteiger partial charge is 0.318 e. The summed E-state index contributed by atoms with van der Waals surface area (Å²) in [6.45, 7) is 0. The van der Waals surface area contributed by atoms with Gasteiger partial charge in [0.2, 0.25) is 6.41 Å². The standard InChI is InChI=1S/C18H10BrF9N2O2/c1-30(7-31)12-4-2-3-9(13(12)21)15(32)29-14-10(19)5-8(6-11(14)20)16(22,17(23,24)25)18(26,27)28/h2-7H,1H3,(H,29,32). The molecule has 0 unspecified atom stereocenters. The average molecular weight is 537 g/mol. The molecule has 0 aromatic heterocycles. The Hall–Kier alpha value is -2.77. The Labute approximate surface area is 182 Å². The number of alkyl halides is 7. The van der Waals surface area contributed by atoms with Gasteiger partial charge in [-0.3, -0.25) is 9.59 Å². The molecule has 2 aromatic carbocycles. The zero-order valence-electron chi connectivity index (χ0n) is 15.5. The number of amides is 2. The lowest BCUT2D eigenvalue weighted by molar-refractivity contribution is -0.348. The van der Waals surface area contributed by atoms with E-state index < -0.39 is 56.8 Å². The van der Waals surface area contributed by atoms with Crippen molar-refractivity contribution in [3.8, 4) is 0 Å². The molecule has 0 aliphatic rings. The van der Waals surface area contributed by atoms with Gasteiger partial charge < -0.3 is 10.2 Å².